The summed E-state index contributed by atoms with van der Waals surface area (Å²) in [6, 6.07) is 21.4. The number of nitrogens with zero attached hydrogens (tertiary/aromatic N) is 2. The standard InChI is InChI=1S/C24H22N4O/c1-16-14-20(11-13-25-16)18-5-8-22(9-6-18)28-24(29)27-17(2)19-7-10-23-21(15-19)4-3-12-26-23/h3-15,17H,1-2H3,(H2,27,28,29). The highest BCUT2D eigenvalue weighted by molar-refractivity contribution is 5.90. The summed E-state index contributed by atoms with van der Waals surface area (Å²) in [7, 11) is 0. The summed E-state index contributed by atoms with van der Waals surface area (Å²) in [6.07, 6.45) is 3.58. The van der Waals surface area contributed by atoms with E-state index in [2.05, 4.69) is 26.7 Å². The fourth-order valence-corrected chi connectivity index (χ4v) is 3.28. The van der Waals surface area contributed by atoms with Crippen molar-refractivity contribution in [2.75, 3.05) is 5.32 Å². The second-order valence-electron chi connectivity index (χ2n) is 7.04. The SMILES string of the molecule is Cc1cc(-c2ccc(NC(=O)NC(C)c3ccc4ncccc4c3)cc2)ccn1. The first-order chi connectivity index (χ1) is 14.1. The Labute approximate surface area is 169 Å². The van der Waals surface area contributed by atoms with Gasteiger partial charge in [0.2, 0.25) is 0 Å². The second kappa shape index (κ2) is 8.10. The van der Waals surface area contributed by atoms with Crippen molar-refractivity contribution in [3.8, 4) is 11.1 Å². The van der Waals surface area contributed by atoms with Gasteiger partial charge in [-0.25, -0.2) is 4.79 Å². The molecule has 2 heterocycles. The van der Waals surface area contributed by atoms with Crippen LogP contribution in [0.1, 0.15) is 24.2 Å². The average Bonchev–Trinajstić information content (AvgIpc) is 2.74. The number of urea groups is 1. The molecule has 2 aromatic carbocycles. The molecule has 29 heavy (non-hydrogen) atoms. The van der Waals surface area contributed by atoms with E-state index < -0.39 is 0 Å². The van der Waals surface area contributed by atoms with Crippen LogP contribution in [0, 0.1) is 6.92 Å². The van der Waals surface area contributed by atoms with Crippen molar-refractivity contribution >= 4 is 22.6 Å². The third kappa shape index (κ3) is 4.41. The Hall–Kier alpha value is -3.73. The number of rotatable bonds is 4. The first-order valence-corrected chi connectivity index (χ1v) is 9.54. The lowest BCUT2D eigenvalue weighted by Gasteiger charge is -2.16. The molecule has 5 heteroatoms. The molecule has 0 aliphatic heterocycles. The number of hydrogen-bond donors (Lipinski definition) is 2. The molecule has 5 nitrogen and oxygen atoms in total. The topological polar surface area (TPSA) is 66.9 Å². The number of pyridine rings is 2. The minimum absolute atomic E-state index is 0.126. The van der Waals surface area contributed by atoms with Gasteiger partial charge in [-0.3, -0.25) is 9.97 Å². The molecule has 1 unspecified atom stereocenters. The maximum absolute atomic E-state index is 12.4. The first kappa shape index (κ1) is 18.6. The van der Waals surface area contributed by atoms with Crippen LogP contribution < -0.4 is 10.6 Å². The first-order valence-electron chi connectivity index (χ1n) is 9.54. The van der Waals surface area contributed by atoms with E-state index in [4.69, 9.17) is 0 Å². The highest BCUT2D eigenvalue weighted by atomic mass is 16.2. The van der Waals surface area contributed by atoms with Gasteiger partial charge < -0.3 is 10.6 Å². The Morgan fingerprint density at radius 3 is 2.52 bits per heavy atom. The van der Waals surface area contributed by atoms with Gasteiger partial charge in [-0.05, 0) is 73.0 Å². The Balaban J connectivity index is 1.41. The number of amides is 2. The maximum atomic E-state index is 12.4. The van der Waals surface area contributed by atoms with Crippen molar-refractivity contribution < 1.29 is 4.79 Å². The molecule has 0 aliphatic rings. The average molecular weight is 382 g/mol. The van der Waals surface area contributed by atoms with Gasteiger partial charge in [-0.15, -0.1) is 0 Å². The van der Waals surface area contributed by atoms with Crippen molar-refractivity contribution in [2.45, 2.75) is 19.9 Å². The summed E-state index contributed by atoms with van der Waals surface area (Å²) in [5, 5.41) is 6.94. The fraction of sp³-hybridized carbons (Fsp3) is 0.125. The molecular weight excluding hydrogens is 360 g/mol. The Morgan fingerprint density at radius 1 is 0.897 bits per heavy atom. The van der Waals surface area contributed by atoms with Crippen LogP contribution in [0.4, 0.5) is 10.5 Å². The molecule has 0 radical (unpaired) electrons. The molecule has 1 atom stereocenters. The zero-order valence-electron chi connectivity index (χ0n) is 16.4. The van der Waals surface area contributed by atoms with E-state index in [1.54, 1.807) is 12.4 Å². The lowest BCUT2D eigenvalue weighted by atomic mass is 10.1. The van der Waals surface area contributed by atoms with Crippen LogP contribution >= 0.6 is 0 Å². The molecule has 0 bridgehead atoms. The Morgan fingerprint density at radius 2 is 1.72 bits per heavy atom. The minimum atomic E-state index is -0.240. The zero-order valence-corrected chi connectivity index (χ0v) is 16.4. The van der Waals surface area contributed by atoms with E-state index in [0.29, 0.717) is 0 Å². The summed E-state index contributed by atoms with van der Waals surface area (Å²) in [4.78, 5) is 21.0. The molecule has 4 aromatic rings. The summed E-state index contributed by atoms with van der Waals surface area (Å²) in [5.74, 6) is 0. The molecule has 144 valence electrons. The van der Waals surface area contributed by atoms with Crippen LogP contribution in [0.15, 0.2) is 79.1 Å². The number of carbonyl (C=O) groups is 1. The van der Waals surface area contributed by atoms with Gasteiger partial charge in [-0.2, -0.15) is 0 Å². The van der Waals surface area contributed by atoms with Crippen LogP contribution in [-0.2, 0) is 0 Å². The third-order valence-corrected chi connectivity index (χ3v) is 4.85. The lowest BCUT2D eigenvalue weighted by Crippen LogP contribution is -2.31. The summed E-state index contributed by atoms with van der Waals surface area (Å²) in [5.41, 5.74) is 5.88. The monoisotopic (exact) mass is 382 g/mol. The summed E-state index contributed by atoms with van der Waals surface area (Å²) in [6.45, 7) is 3.93. The molecule has 0 saturated heterocycles. The van der Waals surface area contributed by atoms with E-state index >= 15 is 0 Å². The van der Waals surface area contributed by atoms with Gasteiger partial charge in [0, 0.05) is 29.2 Å². The van der Waals surface area contributed by atoms with E-state index in [1.165, 1.54) is 0 Å². The number of aryl methyl sites for hydroxylation is 1. The molecule has 2 aromatic heterocycles. The predicted octanol–water partition coefficient (Wildman–Crippen LogP) is 5.49. The molecule has 4 rings (SSSR count). The van der Waals surface area contributed by atoms with Gasteiger partial charge in [0.1, 0.15) is 0 Å². The number of aromatic nitrogens is 2. The normalized spacial score (nSPS) is 11.8. The molecule has 0 fully saturated rings. The molecule has 0 spiro atoms. The largest absolute Gasteiger partial charge is 0.331 e. The Kier molecular flexibility index (Phi) is 5.20. The minimum Gasteiger partial charge on any atom is -0.331 e. The molecule has 2 N–H and O–H groups in total. The molecular formula is C24H22N4O. The van der Waals surface area contributed by atoms with E-state index in [0.717, 1.165) is 39.0 Å². The van der Waals surface area contributed by atoms with Crippen molar-refractivity contribution in [3.05, 3.63) is 90.4 Å². The fourth-order valence-electron chi connectivity index (χ4n) is 3.28. The number of carbonyl (C=O) groups excluding carboxylic acids is 1. The van der Waals surface area contributed by atoms with Gasteiger partial charge >= 0.3 is 6.03 Å². The van der Waals surface area contributed by atoms with Crippen molar-refractivity contribution in [1.82, 2.24) is 15.3 Å². The number of hydrogen-bond acceptors (Lipinski definition) is 3. The summed E-state index contributed by atoms with van der Waals surface area (Å²) < 4.78 is 0. The van der Waals surface area contributed by atoms with Crippen LogP contribution in [0.2, 0.25) is 0 Å². The van der Waals surface area contributed by atoms with Gasteiger partial charge in [0.15, 0.2) is 0 Å². The van der Waals surface area contributed by atoms with Crippen LogP contribution in [0.3, 0.4) is 0 Å². The van der Waals surface area contributed by atoms with E-state index in [1.807, 2.05) is 74.5 Å². The summed E-state index contributed by atoms with van der Waals surface area (Å²) >= 11 is 0. The third-order valence-electron chi connectivity index (χ3n) is 4.85. The van der Waals surface area contributed by atoms with Crippen LogP contribution in [-0.4, -0.2) is 16.0 Å². The predicted molar refractivity (Wildman–Crippen MR) is 117 cm³/mol. The molecule has 0 saturated carbocycles. The second-order valence-corrected chi connectivity index (χ2v) is 7.04. The maximum Gasteiger partial charge on any atom is 0.319 e. The van der Waals surface area contributed by atoms with E-state index in [9.17, 15) is 4.79 Å². The molecule has 2 amide bonds. The molecule has 0 aliphatic carbocycles. The number of benzene rings is 2. The zero-order chi connectivity index (χ0) is 20.2. The number of fused-ring (bicyclic) bond motifs is 1. The van der Waals surface area contributed by atoms with Gasteiger partial charge in [-0.1, -0.05) is 24.3 Å². The highest BCUT2D eigenvalue weighted by Gasteiger charge is 2.10. The van der Waals surface area contributed by atoms with Crippen molar-refractivity contribution in [3.63, 3.8) is 0 Å². The lowest BCUT2D eigenvalue weighted by molar-refractivity contribution is 0.249. The van der Waals surface area contributed by atoms with Crippen molar-refractivity contribution in [2.24, 2.45) is 0 Å². The van der Waals surface area contributed by atoms with E-state index in [-0.39, 0.29) is 12.1 Å². The highest BCUT2D eigenvalue weighted by Crippen LogP contribution is 2.22. The number of anilines is 1. The Bertz CT molecular complexity index is 1150. The van der Waals surface area contributed by atoms with Crippen molar-refractivity contribution in [1.29, 1.82) is 0 Å². The quantitative estimate of drug-likeness (QED) is 0.490. The van der Waals surface area contributed by atoms with Gasteiger partial charge in [0.05, 0.1) is 11.6 Å². The smallest absolute Gasteiger partial charge is 0.319 e. The van der Waals surface area contributed by atoms with Crippen LogP contribution in [0.5, 0.6) is 0 Å². The number of nitrogens with one attached hydrogen (secondary N) is 2. The van der Waals surface area contributed by atoms with Crippen LogP contribution in [0.25, 0.3) is 22.0 Å². The van der Waals surface area contributed by atoms with Gasteiger partial charge in [0.25, 0.3) is 0 Å².